The van der Waals surface area contributed by atoms with Crippen LogP contribution in [-0.4, -0.2) is 56.2 Å². The number of hydrogen-bond acceptors (Lipinski definition) is 5. The molecule has 1 saturated heterocycles. The lowest BCUT2D eigenvalue weighted by Gasteiger charge is -2.28. The van der Waals surface area contributed by atoms with Crippen molar-refractivity contribution in [3.8, 4) is 28.7 Å². The van der Waals surface area contributed by atoms with Crippen molar-refractivity contribution in [2.75, 3.05) is 33.4 Å². The average Bonchev–Trinajstić information content (AvgIpc) is 3.40. The molecule has 1 heterocycles. The Morgan fingerprint density at radius 3 is 2.13 bits per heavy atom. The number of alkyl halides is 3. The molecule has 0 spiro atoms. The average molecular weight is 538 g/mol. The van der Waals surface area contributed by atoms with E-state index < -0.39 is 24.0 Å². The Morgan fingerprint density at radius 2 is 1.56 bits per heavy atom. The minimum Gasteiger partial charge on any atom is -0.497 e. The highest BCUT2D eigenvalue weighted by Crippen LogP contribution is 2.34. The molecule has 1 fully saturated rings. The highest BCUT2D eigenvalue weighted by Gasteiger charge is 2.48. The van der Waals surface area contributed by atoms with Gasteiger partial charge in [0.15, 0.2) is 0 Å². The molecule has 1 atom stereocenters. The van der Waals surface area contributed by atoms with Crippen molar-refractivity contribution < 1.29 is 32.2 Å². The number of carbonyl (C=O) groups is 2. The largest absolute Gasteiger partial charge is 0.497 e. The fourth-order valence-electron chi connectivity index (χ4n) is 4.40. The SMILES string of the molecule is COc1ccc(C(=O)N2CCC(COc3ccc(-c4ccc(C#N)cc4)cc3)(C(=O)NCC(F)(F)F)C2)cc1. The molecule has 3 aromatic rings. The molecule has 202 valence electrons. The summed E-state index contributed by atoms with van der Waals surface area (Å²) in [6.45, 7) is -1.59. The monoisotopic (exact) mass is 537 g/mol. The van der Waals surface area contributed by atoms with E-state index in [0.29, 0.717) is 22.6 Å². The maximum Gasteiger partial charge on any atom is 0.405 e. The normalized spacial score (nSPS) is 16.8. The molecule has 1 aliphatic rings. The van der Waals surface area contributed by atoms with Gasteiger partial charge in [0.25, 0.3) is 5.91 Å². The second-order valence-electron chi connectivity index (χ2n) is 9.29. The first-order valence-corrected chi connectivity index (χ1v) is 12.1. The summed E-state index contributed by atoms with van der Waals surface area (Å²) in [5.74, 6) is -0.156. The smallest absolute Gasteiger partial charge is 0.405 e. The number of nitrogens with one attached hydrogen (secondary N) is 1. The number of halogens is 3. The summed E-state index contributed by atoms with van der Waals surface area (Å²) >= 11 is 0. The van der Waals surface area contributed by atoms with Crippen LogP contribution in [0.4, 0.5) is 13.2 Å². The van der Waals surface area contributed by atoms with Crippen LogP contribution in [0.3, 0.4) is 0 Å². The van der Waals surface area contributed by atoms with Crippen molar-refractivity contribution in [1.29, 1.82) is 5.26 Å². The van der Waals surface area contributed by atoms with Crippen molar-refractivity contribution in [1.82, 2.24) is 10.2 Å². The van der Waals surface area contributed by atoms with Crippen molar-refractivity contribution in [3.05, 3.63) is 83.9 Å². The van der Waals surface area contributed by atoms with Gasteiger partial charge in [-0.15, -0.1) is 0 Å². The van der Waals surface area contributed by atoms with E-state index in [-0.39, 0.29) is 32.0 Å². The Kier molecular flexibility index (Phi) is 8.10. The van der Waals surface area contributed by atoms with Gasteiger partial charge in [0.1, 0.15) is 30.1 Å². The minimum absolute atomic E-state index is 0.0924. The van der Waals surface area contributed by atoms with Crippen LogP contribution in [0.5, 0.6) is 11.5 Å². The lowest BCUT2D eigenvalue weighted by Crippen LogP contribution is -2.49. The van der Waals surface area contributed by atoms with Gasteiger partial charge < -0.3 is 19.7 Å². The van der Waals surface area contributed by atoms with E-state index in [9.17, 15) is 22.8 Å². The van der Waals surface area contributed by atoms with Crippen LogP contribution in [0.25, 0.3) is 11.1 Å². The van der Waals surface area contributed by atoms with Crippen LogP contribution < -0.4 is 14.8 Å². The molecule has 0 saturated carbocycles. The van der Waals surface area contributed by atoms with Crippen LogP contribution in [0.15, 0.2) is 72.8 Å². The van der Waals surface area contributed by atoms with Gasteiger partial charge in [-0.3, -0.25) is 9.59 Å². The van der Waals surface area contributed by atoms with Gasteiger partial charge in [0.2, 0.25) is 5.91 Å². The van der Waals surface area contributed by atoms with Crippen LogP contribution >= 0.6 is 0 Å². The maximum atomic E-state index is 13.1. The number of methoxy groups -OCH3 is 1. The van der Waals surface area contributed by atoms with Crippen molar-refractivity contribution in [2.24, 2.45) is 5.41 Å². The first kappa shape index (κ1) is 27.5. The Morgan fingerprint density at radius 1 is 0.974 bits per heavy atom. The Bertz CT molecular complexity index is 1350. The molecule has 0 aromatic heterocycles. The predicted octanol–water partition coefficient (Wildman–Crippen LogP) is 4.82. The lowest BCUT2D eigenvalue weighted by atomic mass is 9.87. The van der Waals surface area contributed by atoms with E-state index in [4.69, 9.17) is 14.7 Å². The van der Waals surface area contributed by atoms with E-state index in [1.165, 1.54) is 12.0 Å². The number of rotatable bonds is 8. The third kappa shape index (κ3) is 6.68. The molecule has 10 heteroatoms. The third-order valence-corrected chi connectivity index (χ3v) is 6.63. The molecule has 2 amide bonds. The van der Waals surface area contributed by atoms with E-state index in [0.717, 1.165) is 11.1 Å². The van der Waals surface area contributed by atoms with Crippen LogP contribution in [0.1, 0.15) is 22.3 Å². The molecule has 7 nitrogen and oxygen atoms in total. The number of carbonyl (C=O) groups excluding carboxylic acids is 2. The Labute approximate surface area is 223 Å². The summed E-state index contributed by atoms with van der Waals surface area (Å²) < 4.78 is 49.6. The van der Waals surface area contributed by atoms with Crippen molar-refractivity contribution in [2.45, 2.75) is 12.6 Å². The van der Waals surface area contributed by atoms with Gasteiger partial charge in [0, 0.05) is 18.7 Å². The van der Waals surface area contributed by atoms with Crippen LogP contribution in [0, 0.1) is 16.7 Å². The van der Waals surface area contributed by atoms with Gasteiger partial charge >= 0.3 is 6.18 Å². The van der Waals surface area contributed by atoms with Gasteiger partial charge in [-0.25, -0.2) is 0 Å². The molecule has 39 heavy (non-hydrogen) atoms. The number of amides is 2. The topological polar surface area (TPSA) is 91.7 Å². The van der Waals surface area contributed by atoms with Crippen molar-refractivity contribution in [3.63, 3.8) is 0 Å². The fourth-order valence-corrected chi connectivity index (χ4v) is 4.40. The number of nitrogens with zero attached hydrogens (tertiary/aromatic N) is 2. The number of nitriles is 1. The zero-order valence-corrected chi connectivity index (χ0v) is 21.1. The van der Waals surface area contributed by atoms with E-state index >= 15 is 0 Å². The van der Waals surface area contributed by atoms with E-state index in [1.807, 2.05) is 17.4 Å². The van der Waals surface area contributed by atoms with Gasteiger partial charge in [0.05, 0.1) is 18.7 Å². The molecule has 3 aromatic carbocycles. The zero-order valence-electron chi connectivity index (χ0n) is 21.1. The first-order valence-electron chi connectivity index (χ1n) is 12.1. The first-order chi connectivity index (χ1) is 18.6. The number of hydrogen-bond donors (Lipinski definition) is 1. The van der Waals surface area contributed by atoms with Crippen LogP contribution in [-0.2, 0) is 4.79 Å². The summed E-state index contributed by atoms with van der Waals surface area (Å²) in [5.41, 5.74) is 1.33. The highest BCUT2D eigenvalue weighted by molar-refractivity contribution is 5.95. The lowest BCUT2D eigenvalue weighted by molar-refractivity contribution is -0.145. The van der Waals surface area contributed by atoms with E-state index in [2.05, 4.69) is 6.07 Å². The number of likely N-dealkylation sites (tertiary alicyclic amines) is 1. The molecule has 1 N–H and O–H groups in total. The van der Waals surface area contributed by atoms with Gasteiger partial charge in [-0.05, 0) is 66.1 Å². The quantitative estimate of drug-likeness (QED) is 0.445. The van der Waals surface area contributed by atoms with Crippen molar-refractivity contribution >= 4 is 11.8 Å². The molecule has 1 aliphatic heterocycles. The summed E-state index contributed by atoms with van der Waals surface area (Å²) in [4.78, 5) is 27.6. The summed E-state index contributed by atoms with van der Waals surface area (Å²) in [6, 6.07) is 22.6. The summed E-state index contributed by atoms with van der Waals surface area (Å²) in [6.07, 6.45) is -4.43. The third-order valence-electron chi connectivity index (χ3n) is 6.63. The highest BCUT2D eigenvalue weighted by atomic mass is 19.4. The molecular formula is C29H26F3N3O4. The Hall–Kier alpha value is -4.52. The summed E-state index contributed by atoms with van der Waals surface area (Å²) in [7, 11) is 1.51. The minimum atomic E-state index is -4.57. The number of ether oxygens (including phenoxy) is 2. The molecule has 0 radical (unpaired) electrons. The zero-order chi connectivity index (χ0) is 28.0. The fraction of sp³-hybridized carbons (Fsp3) is 0.276. The van der Waals surface area contributed by atoms with Crippen LogP contribution in [0.2, 0.25) is 0 Å². The Balaban J connectivity index is 1.48. The molecule has 0 bridgehead atoms. The molecule has 0 aliphatic carbocycles. The predicted molar refractivity (Wildman–Crippen MR) is 137 cm³/mol. The second-order valence-corrected chi connectivity index (χ2v) is 9.29. The second kappa shape index (κ2) is 11.5. The maximum absolute atomic E-state index is 13.1. The standard InChI is InChI=1S/C29H26F3N3O4/c1-38-24-10-8-23(9-11-24)26(36)35-15-14-28(18-35,27(37)34-17-29(30,31)32)19-39-25-12-6-22(7-13-25)21-4-2-20(16-33)3-5-21/h2-13H,14-15,17-19H2,1H3,(H,34,37). The summed E-state index contributed by atoms with van der Waals surface area (Å²) in [5, 5.41) is 10.9. The van der Waals surface area contributed by atoms with Gasteiger partial charge in [-0.1, -0.05) is 24.3 Å². The van der Waals surface area contributed by atoms with Gasteiger partial charge in [-0.2, -0.15) is 18.4 Å². The number of benzene rings is 3. The molecule has 4 rings (SSSR count). The van der Waals surface area contributed by atoms with E-state index in [1.54, 1.807) is 60.7 Å². The molecular weight excluding hydrogens is 511 g/mol. The molecule has 1 unspecified atom stereocenters.